The smallest absolute Gasteiger partial charge is 0.165 e. The number of ether oxygens (including phenoxy) is 2. The highest BCUT2D eigenvalue weighted by atomic mass is 16.6. The van der Waals surface area contributed by atoms with Crippen molar-refractivity contribution in [3.05, 3.63) is 59.2 Å². The predicted molar refractivity (Wildman–Crippen MR) is 87.8 cm³/mol. The molecule has 1 atom stereocenters. The van der Waals surface area contributed by atoms with Gasteiger partial charge in [-0.15, -0.1) is 0 Å². The molecule has 120 valence electrons. The van der Waals surface area contributed by atoms with E-state index in [1.807, 2.05) is 36.4 Å². The van der Waals surface area contributed by atoms with Crippen molar-refractivity contribution >= 4 is 0 Å². The van der Waals surface area contributed by atoms with E-state index in [1.54, 1.807) is 0 Å². The predicted octanol–water partition coefficient (Wildman–Crippen LogP) is 2.38. The van der Waals surface area contributed by atoms with Gasteiger partial charge in [0.25, 0.3) is 0 Å². The van der Waals surface area contributed by atoms with E-state index in [1.165, 1.54) is 5.56 Å². The van der Waals surface area contributed by atoms with Gasteiger partial charge in [0.1, 0.15) is 18.8 Å². The van der Waals surface area contributed by atoms with Crippen molar-refractivity contribution in [1.82, 2.24) is 5.32 Å². The van der Waals surface area contributed by atoms with E-state index in [4.69, 9.17) is 9.47 Å². The van der Waals surface area contributed by atoms with Crippen LogP contribution in [0.2, 0.25) is 0 Å². The van der Waals surface area contributed by atoms with Crippen molar-refractivity contribution in [2.24, 2.45) is 0 Å². The van der Waals surface area contributed by atoms with Gasteiger partial charge in [-0.2, -0.15) is 0 Å². The number of benzene rings is 2. The van der Waals surface area contributed by atoms with Gasteiger partial charge in [-0.25, -0.2) is 0 Å². The molecular weight excluding hydrogens is 290 g/mol. The van der Waals surface area contributed by atoms with E-state index in [-0.39, 0.29) is 0 Å². The fraction of sp³-hybridized carbons (Fsp3) is 0.368. The SMILES string of the molecule is OC1(CNCc2cccc3c2OCCO3)CCc2ccccc21. The van der Waals surface area contributed by atoms with Crippen LogP contribution < -0.4 is 14.8 Å². The molecule has 0 fully saturated rings. The van der Waals surface area contributed by atoms with Crippen LogP contribution in [0.1, 0.15) is 23.1 Å². The van der Waals surface area contributed by atoms with E-state index in [2.05, 4.69) is 11.4 Å². The van der Waals surface area contributed by atoms with Crippen LogP contribution in [0.15, 0.2) is 42.5 Å². The number of hydrogen-bond acceptors (Lipinski definition) is 4. The molecule has 4 rings (SSSR count). The lowest BCUT2D eigenvalue weighted by atomic mass is 9.96. The summed E-state index contributed by atoms with van der Waals surface area (Å²) in [6, 6.07) is 14.1. The molecule has 1 unspecified atom stereocenters. The number of hydrogen-bond donors (Lipinski definition) is 2. The van der Waals surface area contributed by atoms with Crippen molar-refractivity contribution in [3.63, 3.8) is 0 Å². The molecule has 0 aromatic heterocycles. The number of aliphatic hydroxyl groups is 1. The van der Waals surface area contributed by atoms with Gasteiger partial charge in [-0.1, -0.05) is 36.4 Å². The zero-order valence-corrected chi connectivity index (χ0v) is 13.0. The lowest BCUT2D eigenvalue weighted by Crippen LogP contribution is -2.36. The van der Waals surface area contributed by atoms with Gasteiger partial charge in [0, 0.05) is 18.7 Å². The Morgan fingerprint density at radius 2 is 1.91 bits per heavy atom. The summed E-state index contributed by atoms with van der Waals surface area (Å²) in [6.07, 6.45) is 1.71. The Morgan fingerprint density at radius 3 is 2.87 bits per heavy atom. The van der Waals surface area contributed by atoms with Gasteiger partial charge in [0.2, 0.25) is 0 Å². The Kier molecular flexibility index (Phi) is 3.71. The molecule has 0 saturated carbocycles. The Balaban J connectivity index is 1.45. The molecule has 0 radical (unpaired) electrons. The molecule has 1 aliphatic heterocycles. The van der Waals surface area contributed by atoms with E-state index in [0.717, 1.165) is 35.5 Å². The van der Waals surface area contributed by atoms with Crippen LogP contribution in [0.25, 0.3) is 0 Å². The van der Waals surface area contributed by atoms with Crippen LogP contribution >= 0.6 is 0 Å². The lowest BCUT2D eigenvalue weighted by Gasteiger charge is -2.25. The van der Waals surface area contributed by atoms with Gasteiger partial charge < -0.3 is 19.9 Å². The maximum absolute atomic E-state index is 10.9. The Labute approximate surface area is 136 Å². The summed E-state index contributed by atoms with van der Waals surface area (Å²) >= 11 is 0. The molecule has 4 nitrogen and oxygen atoms in total. The minimum Gasteiger partial charge on any atom is -0.486 e. The second-order valence-corrected chi connectivity index (χ2v) is 6.23. The lowest BCUT2D eigenvalue weighted by molar-refractivity contribution is 0.0383. The largest absolute Gasteiger partial charge is 0.486 e. The van der Waals surface area contributed by atoms with Gasteiger partial charge >= 0.3 is 0 Å². The zero-order chi connectivity index (χ0) is 15.7. The van der Waals surface area contributed by atoms with Crippen LogP contribution in [0.4, 0.5) is 0 Å². The highest BCUT2D eigenvalue weighted by molar-refractivity contribution is 5.47. The summed E-state index contributed by atoms with van der Waals surface area (Å²) in [7, 11) is 0. The van der Waals surface area contributed by atoms with Crippen molar-refractivity contribution in [1.29, 1.82) is 0 Å². The maximum Gasteiger partial charge on any atom is 0.165 e. The molecule has 1 aliphatic carbocycles. The molecule has 0 amide bonds. The summed E-state index contributed by atoms with van der Waals surface area (Å²) < 4.78 is 11.3. The second kappa shape index (κ2) is 5.87. The minimum atomic E-state index is -0.775. The maximum atomic E-state index is 10.9. The van der Waals surface area contributed by atoms with Crippen molar-refractivity contribution in [2.45, 2.75) is 25.0 Å². The summed E-state index contributed by atoms with van der Waals surface area (Å²) in [5.74, 6) is 1.63. The third kappa shape index (κ3) is 2.69. The molecule has 0 bridgehead atoms. The number of para-hydroxylation sites is 1. The van der Waals surface area contributed by atoms with Gasteiger partial charge in [0.15, 0.2) is 11.5 Å². The van der Waals surface area contributed by atoms with E-state index in [0.29, 0.717) is 26.3 Å². The molecule has 1 heterocycles. The van der Waals surface area contributed by atoms with E-state index < -0.39 is 5.60 Å². The summed E-state index contributed by atoms with van der Waals surface area (Å²) in [5, 5.41) is 14.3. The Morgan fingerprint density at radius 1 is 1.04 bits per heavy atom. The minimum absolute atomic E-state index is 0.536. The van der Waals surface area contributed by atoms with Crippen LogP contribution in [0.5, 0.6) is 11.5 Å². The van der Waals surface area contributed by atoms with Crippen LogP contribution in [0.3, 0.4) is 0 Å². The van der Waals surface area contributed by atoms with Crippen molar-refractivity contribution in [3.8, 4) is 11.5 Å². The van der Waals surface area contributed by atoms with Crippen LogP contribution in [0, 0.1) is 0 Å². The quantitative estimate of drug-likeness (QED) is 0.910. The molecule has 4 heteroatoms. The van der Waals surface area contributed by atoms with E-state index >= 15 is 0 Å². The van der Waals surface area contributed by atoms with E-state index in [9.17, 15) is 5.11 Å². The molecule has 0 saturated heterocycles. The van der Waals surface area contributed by atoms with Gasteiger partial charge in [0.05, 0.1) is 0 Å². The molecule has 2 aliphatic rings. The van der Waals surface area contributed by atoms with Crippen molar-refractivity contribution in [2.75, 3.05) is 19.8 Å². The highest BCUT2D eigenvalue weighted by Gasteiger charge is 2.35. The standard InChI is InChI=1S/C19H21NO3/c21-19(9-8-14-4-1-2-6-16(14)19)13-20-12-15-5-3-7-17-18(15)23-11-10-22-17/h1-7,20-21H,8-13H2. The third-order valence-corrected chi connectivity index (χ3v) is 4.71. The first-order valence-electron chi connectivity index (χ1n) is 8.15. The molecule has 2 N–H and O–H groups in total. The molecular formula is C19H21NO3. The average Bonchev–Trinajstić information content (AvgIpc) is 2.93. The number of rotatable bonds is 4. The molecule has 23 heavy (non-hydrogen) atoms. The summed E-state index contributed by atoms with van der Waals surface area (Å²) in [4.78, 5) is 0. The number of nitrogens with one attached hydrogen (secondary N) is 1. The molecule has 2 aromatic carbocycles. The normalized spacial score (nSPS) is 22.0. The highest BCUT2D eigenvalue weighted by Crippen LogP contribution is 2.37. The van der Waals surface area contributed by atoms with Gasteiger partial charge in [-0.05, 0) is 30.0 Å². The Hall–Kier alpha value is -2.04. The first-order valence-corrected chi connectivity index (χ1v) is 8.15. The third-order valence-electron chi connectivity index (χ3n) is 4.71. The Bertz CT molecular complexity index is 716. The summed E-state index contributed by atoms with van der Waals surface area (Å²) in [6.45, 7) is 2.37. The molecule has 2 aromatic rings. The average molecular weight is 311 g/mol. The number of fused-ring (bicyclic) bond motifs is 2. The fourth-order valence-corrected chi connectivity index (χ4v) is 3.53. The number of aryl methyl sites for hydroxylation is 1. The first kappa shape index (κ1) is 14.5. The van der Waals surface area contributed by atoms with Crippen molar-refractivity contribution < 1.29 is 14.6 Å². The fourth-order valence-electron chi connectivity index (χ4n) is 3.53. The van der Waals surface area contributed by atoms with Crippen LogP contribution in [-0.4, -0.2) is 24.9 Å². The van der Waals surface area contributed by atoms with Crippen LogP contribution in [-0.2, 0) is 18.6 Å². The second-order valence-electron chi connectivity index (χ2n) is 6.23. The monoisotopic (exact) mass is 311 g/mol. The first-order chi connectivity index (χ1) is 11.3. The topological polar surface area (TPSA) is 50.7 Å². The molecule has 0 spiro atoms. The summed E-state index contributed by atoms with van der Waals surface area (Å²) in [5.41, 5.74) is 2.60. The van der Waals surface area contributed by atoms with Gasteiger partial charge in [-0.3, -0.25) is 0 Å². The zero-order valence-electron chi connectivity index (χ0n) is 13.0.